The van der Waals surface area contributed by atoms with Gasteiger partial charge in [-0.2, -0.15) is 0 Å². The molecule has 4 N–H and O–H groups in total. The first-order chi connectivity index (χ1) is 19.6. The Labute approximate surface area is 241 Å². The van der Waals surface area contributed by atoms with Crippen molar-refractivity contribution < 1.29 is 44.3 Å². The minimum absolute atomic E-state index is 0.181. The molecule has 0 aliphatic carbocycles. The van der Waals surface area contributed by atoms with Crippen LogP contribution in [-0.4, -0.2) is 156 Å². The zero-order valence-electron chi connectivity index (χ0n) is 24.2. The van der Waals surface area contributed by atoms with Gasteiger partial charge >= 0.3 is 17.9 Å². The van der Waals surface area contributed by atoms with Gasteiger partial charge in [-0.3, -0.25) is 34.0 Å². The summed E-state index contributed by atoms with van der Waals surface area (Å²) in [5.74, 6) is -2.17. The Morgan fingerprint density at radius 2 is 1.34 bits per heavy atom. The number of aliphatic carboxylic acids is 3. The maximum absolute atomic E-state index is 12.5. The predicted octanol–water partition coefficient (Wildman–Crippen LogP) is 0.217. The van der Waals surface area contributed by atoms with Gasteiger partial charge in [0, 0.05) is 66.0 Å². The van der Waals surface area contributed by atoms with Crippen molar-refractivity contribution in [1.82, 2.24) is 19.6 Å². The second kappa shape index (κ2) is 18.6. The van der Waals surface area contributed by atoms with Crippen LogP contribution in [0.3, 0.4) is 0 Å². The molecule has 0 saturated carbocycles. The third kappa shape index (κ3) is 13.6. The second-order valence-corrected chi connectivity index (χ2v) is 10.3. The van der Waals surface area contributed by atoms with E-state index in [0.717, 1.165) is 17.7 Å². The molecular weight excluding hydrogens is 536 g/mol. The number of hydrogen-bond acceptors (Lipinski definition) is 10. The smallest absolute Gasteiger partial charge is 0.320 e. The van der Waals surface area contributed by atoms with E-state index in [2.05, 4.69) is 0 Å². The van der Waals surface area contributed by atoms with Crippen LogP contribution in [0, 0.1) is 0 Å². The van der Waals surface area contributed by atoms with Gasteiger partial charge in [0.05, 0.1) is 19.7 Å². The van der Waals surface area contributed by atoms with Gasteiger partial charge in [0.15, 0.2) is 6.29 Å². The topological polar surface area (TPSA) is 164 Å². The molecular formula is C28H46N4O9. The normalized spacial score (nSPS) is 18.6. The van der Waals surface area contributed by atoms with E-state index >= 15 is 0 Å². The average Bonchev–Trinajstić information content (AvgIpc) is 2.92. The van der Waals surface area contributed by atoms with E-state index in [4.69, 9.17) is 9.47 Å². The second-order valence-electron chi connectivity index (χ2n) is 10.3. The zero-order chi connectivity index (χ0) is 30.2. The summed E-state index contributed by atoms with van der Waals surface area (Å²) in [6.45, 7) is 5.26. The van der Waals surface area contributed by atoms with Gasteiger partial charge in [-0.25, -0.2) is 0 Å². The molecule has 1 fully saturated rings. The third-order valence-corrected chi connectivity index (χ3v) is 7.10. The van der Waals surface area contributed by atoms with Crippen molar-refractivity contribution in [3.8, 4) is 5.75 Å². The highest BCUT2D eigenvalue weighted by atomic mass is 16.6. The lowest BCUT2D eigenvalue weighted by Gasteiger charge is -2.36. The first-order valence-corrected chi connectivity index (χ1v) is 14.1. The summed E-state index contributed by atoms with van der Waals surface area (Å²) < 4.78 is 10.7. The molecule has 41 heavy (non-hydrogen) atoms. The Hall–Kier alpha value is -2.81. The molecule has 1 aliphatic rings. The molecule has 1 aliphatic heterocycles. The van der Waals surface area contributed by atoms with Gasteiger partial charge in [-0.05, 0) is 37.0 Å². The van der Waals surface area contributed by atoms with Crippen molar-refractivity contribution in [1.29, 1.82) is 0 Å². The van der Waals surface area contributed by atoms with Crippen LogP contribution in [0.25, 0.3) is 0 Å². The molecule has 1 heterocycles. The fraction of sp³-hybridized carbons (Fsp3) is 0.679. The Balaban J connectivity index is 2.21. The third-order valence-electron chi connectivity index (χ3n) is 7.10. The van der Waals surface area contributed by atoms with E-state index in [1.54, 1.807) is 9.80 Å². The number of aryl methyl sites for hydroxylation is 1. The molecule has 13 nitrogen and oxygen atoms in total. The predicted molar refractivity (Wildman–Crippen MR) is 151 cm³/mol. The number of carboxylic acids is 3. The van der Waals surface area contributed by atoms with E-state index in [1.165, 1.54) is 7.11 Å². The molecule has 1 aromatic carbocycles. The van der Waals surface area contributed by atoms with Gasteiger partial charge in [0.25, 0.3) is 0 Å². The summed E-state index contributed by atoms with van der Waals surface area (Å²) in [6.07, 6.45) is 0.757. The maximum atomic E-state index is 12.5. The van der Waals surface area contributed by atoms with Gasteiger partial charge in [0.1, 0.15) is 11.8 Å². The Morgan fingerprint density at radius 1 is 0.829 bits per heavy atom. The highest BCUT2D eigenvalue weighted by Crippen LogP contribution is 2.16. The van der Waals surface area contributed by atoms with Gasteiger partial charge in [0.2, 0.25) is 0 Å². The first-order valence-electron chi connectivity index (χ1n) is 14.1. The summed E-state index contributed by atoms with van der Waals surface area (Å²) >= 11 is 0. The number of rotatable bonds is 15. The molecule has 2 atom stereocenters. The lowest BCUT2D eigenvalue weighted by atomic mass is 10.0. The number of carbonyl (C=O) groups is 3. The molecule has 0 bridgehead atoms. The molecule has 0 amide bonds. The van der Waals surface area contributed by atoms with E-state index in [9.17, 15) is 34.8 Å². The van der Waals surface area contributed by atoms with E-state index < -0.39 is 30.2 Å². The van der Waals surface area contributed by atoms with Crippen molar-refractivity contribution in [2.75, 3.05) is 85.7 Å². The molecule has 1 aromatic rings. The van der Waals surface area contributed by atoms with Crippen LogP contribution in [-0.2, 0) is 25.5 Å². The van der Waals surface area contributed by atoms with Gasteiger partial charge < -0.3 is 29.9 Å². The summed E-state index contributed by atoms with van der Waals surface area (Å²) in [4.78, 5) is 42.7. The SMILES string of the molecule is CCCOc1ccc(CCC(C(=O)O)N2CCN(CC(=O)O)CCN(CC(=O)O)CCN(CC(O)OC)CC2)cc1. The Kier molecular flexibility index (Phi) is 15.6. The van der Waals surface area contributed by atoms with Crippen molar-refractivity contribution in [3.63, 3.8) is 0 Å². The molecule has 1 saturated heterocycles. The average molecular weight is 583 g/mol. The Bertz CT molecular complexity index is 934. The van der Waals surface area contributed by atoms with Crippen molar-refractivity contribution in [3.05, 3.63) is 29.8 Å². The lowest BCUT2D eigenvalue weighted by Crippen LogP contribution is -2.52. The number of ether oxygens (including phenoxy) is 2. The highest BCUT2D eigenvalue weighted by molar-refractivity contribution is 5.73. The quantitative estimate of drug-likeness (QED) is 0.208. The van der Waals surface area contributed by atoms with E-state index in [-0.39, 0.29) is 19.6 Å². The summed E-state index contributed by atoms with van der Waals surface area (Å²) in [5.41, 5.74) is 0.991. The molecule has 2 unspecified atom stereocenters. The summed E-state index contributed by atoms with van der Waals surface area (Å²) in [7, 11) is 1.39. The number of benzene rings is 1. The van der Waals surface area contributed by atoms with Crippen LogP contribution >= 0.6 is 0 Å². The largest absolute Gasteiger partial charge is 0.494 e. The number of carboxylic acid groups (broad SMARTS) is 3. The molecule has 232 valence electrons. The van der Waals surface area contributed by atoms with Crippen LogP contribution in [0.1, 0.15) is 25.3 Å². The molecule has 13 heteroatoms. The molecule has 0 radical (unpaired) electrons. The summed E-state index contributed by atoms with van der Waals surface area (Å²) in [5, 5.41) is 39.1. The standard InChI is InChI=1S/C28H46N4O9/c1-3-18-41-23-7-4-22(5-8-23)6-9-24(28(38)39)32-16-14-30(20-26(35)36)11-10-29(19-25(33)34)12-13-31(15-17-32)21-27(37)40-2/h4-5,7-8,24,27,37H,3,6,9-21H2,1-2H3,(H,33,34)(H,35,36)(H,38,39). The minimum atomic E-state index is -1.05. The van der Waals surface area contributed by atoms with E-state index in [0.29, 0.717) is 71.8 Å². The fourth-order valence-corrected chi connectivity index (χ4v) is 4.78. The maximum Gasteiger partial charge on any atom is 0.320 e. The number of aliphatic hydroxyl groups excluding tert-OH is 1. The first kappa shape index (κ1) is 34.4. The lowest BCUT2D eigenvalue weighted by molar-refractivity contribution is -0.144. The molecule has 2 rings (SSSR count). The van der Waals surface area contributed by atoms with Crippen molar-refractivity contribution >= 4 is 17.9 Å². The van der Waals surface area contributed by atoms with Crippen molar-refractivity contribution in [2.24, 2.45) is 0 Å². The van der Waals surface area contributed by atoms with Gasteiger partial charge in [-0.15, -0.1) is 0 Å². The number of aliphatic hydroxyl groups is 1. The van der Waals surface area contributed by atoms with Gasteiger partial charge in [-0.1, -0.05) is 19.1 Å². The number of hydrogen-bond donors (Lipinski definition) is 4. The molecule has 0 spiro atoms. The Morgan fingerprint density at radius 3 is 1.83 bits per heavy atom. The number of β-amino-alcohol motifs (C(OH)–C–C–N with tert-alkyl or cyclic N) is 1. The fourth-order valence-electron chi connectivity index (χ4n) is 4.78. The number of nitrogens with zero attached hydrogens (tertiary/aromatic N) is 4. The van der Waals surface area contributed by atoms with Crippen LogP contribution in [0.5, 0.6) is 5.75 Å². The van der Waals surface area contributed by atoms with Crippen LogP contribution in [0.15, 0.2) is 24.3 Å². The molecule has 0 aromatic heterocycles. The minimum Gasteiger partial charge on any atom is -0.494 e. The van der Waals surface area contributed by atoms with Crippen LogP contribution in [0.4, 0.5) is 0 Å². The van der Waals surface area contributed by atoms with Crippen LogP contribution in [0.2, 0.25) is 0 Å². The highest BCUT2D eigenvalue weighted by Gasteiger charge is 2.28. The monoisotopic (exact) mass is 582 g/mol. The van der Waals surface area contributed by atoms with Crippen molar-refractivity contribution in [2.45, 2.75) is 38.5 Å². The summed E-state index contributed by atoms with van der Waals surface area (Å²) in [6, 6.07) is 6.83. The van der Waals surface area contributed by atoms with E-state index in [1.807, 2.05) is 41.0 Å². The van der Waals surface area contributed by atoms with Crippen LogP contribution < -0.4 is 4.74 Å². The zero-order valence-corrected chi connectivity index (χ0v) is 24.2. The number of methoxy groups -OCH3 is 1.